The van der Waals surface area contributed by atoms with Crippen molar-refractivity contribution in [3.05, 3.63) is 17.7 Å². The fourth-order valence-corrected chi connectivity index (χ4v) is 2.76. The van der Waals surface area contributed by atoms with Crippen LogP contribution < -0.4 is 19.6 Å². The fraction of sp³-hybridized carbons (Fsp3) is 0.529. The smallest absolute Gasteiger partial charge is 0.271 e. The number of ether oxygens (including phenoxy) is 3. The molecule has 0 bridgehead atoms. The maximum absolute atomic E-state index is 12.2. The second kappa shape index (κ2) is 8.41. The number of nitrogens with one attached hydrogen (secondary N) is 1. The maximum Gasteiger partial charge on any atom is 0.271 e. The van der Waals surface area contributed by atoms with Crippen LogP contribution in [-0.4, -0.2) is 33.5 Å². The van der Waals surface area contributed by atoms with Crippen molar-refractivity contribution in [3.63, 3.8) is 0 Å². The molecule has 0 atom stereocenters. The van der Waals surface area contributed by atoms with E-state index in [-0.39, 0.29) is 5.91 Å². The molecule has 1 fully saturated rings. The number of hydrazone groups is 1. The third-order valence-electron chi connectivity index (χ3n) is 4.03. The maximum atomic E-state index is 12.2. The first-order valence-corrected chi connectivity index (χ1v) is 7.83. The van der Waals surface area contributed by atoms with E-state index < -0.39 is 0 Å². The molecule has 126 valence electrons. The first-order chi connectivity index (χ1) is 11.2. The summed E-state index contributed by atoms with van der Waals surface area (Å²) in [5, 5.41) is 4.09. The number of hydrogen-bond acceptors (Lipinski definition) is 5. The first kappa shape index (κ1) is 17.1. The van der Waals surface area contributed by atoms with Crippen molar-refractivity contribution in [1.82, 2.24) is 5.43 Å². The van der Waals surface area contributed by atoms with Gasteiger partial charge in [0.25, 0.3) is 5.91 Å². The molecule has 0 unspecified atom stereocenters. The van der Waals surface area contributed by atoms with E-state index >= 15 is 0 Å². The quantitative estimate of drug-likeness (QED) is 0.646. The van der Waals surface area contributed by atoms with E-state index in [0.29, 0.717) is 28.7 Å². The highest BCUT2D eigenvalue weighted by atomic mass is 16.5. The van der Waals surface area contributed by atoms with Crippen molar-refractivity contribution in [2.24, 2.45) is 11.0 Å². The van der Waals surface area contributed by atoms with Crippen LogP contribution in [0.1, 0.15) is 42.5 Å². The Labute approximate surface area is 136 Å². The van der Waals surface area contributed by atoms with Gasteiger partial charge in [-0.3, -0.25) is 4.79 Å². The standard InChI is InChI=1S/C17H24N2O4/c1-21-14-9-13(10-15(22-2)16(14)23-3)17(20)19-18-11-12-7-5-4-6-8-12/h9-12H,4-8H2,1-3H3,(H,19,20)/b18-11-. The lowest BCUT2D eigenvalue weighted by Crippen LogP contribution is -2.19. The van der Waals surface area contributed by atoms with Crippen LogP contribution in [0.5, 0.6) is 17.2 Å². The zero-order valence-electron chi connectivity index (χ0n) is 13.9. The number of carbonyl (C=O) groups is 1. The Morgan fingerprint density at radius 2 is 1.70 bits per heavy atom. The van der Waals surface area contributed by atoms with Gasteiger partial charge in [-0.2, -0.15) is 5.10 Å². The number of carbonyl (C=O) groups excluding carboxylic acids is 1. The second-order valence-corrected chi connectivity index (χ2v) is 5.53. The van der Waals surface area contributed by atoms with Crippen molar-refractivity contribution in [2.45, 2.75) is 32.1 Å². The molecule has 0 aromatic heterocycles. The number of benzene rings is 1. The van der Waals surface area contributed by atoms with Gasteiger partial charge in [-0.15, -0.1) is 0 Å². The molecule has 2 rings (SSSR count). The predicted octanol–water partition coefficient (Wildman–Crippen LogP) is 3.01. The molecule has 23 heavy (non-hydrogen) atoms. The fourth-order valence-electron chi connectivity index (χ4n) is 2.76. The minimum absolute atomic E-state index is 0.309. The largest absolute Gasteiger partial charge is 0.493 e. The molecular formula is C17H24N2O4. The molecule has 1 saturated carbocycles. The van der Waals surface area contributed by atoms with Gasteiger partial charge in [0.2, 0.25) is 5.75 Å². The summed E-state index contributed by atoms with van der Waals surface area (Å²) < 4.78 is 15.7. The van der Waals surface area contributed by atoms with Gasteiger partial charge in [-0.1, -0.05) is 19.3 Å². The van der Waals surface area contributed by atoms with Crippen LogP contribution in [0.3, 0.4) is 0 Å². The van der Waals surface area contributed by atoms with Crippen LogP contribution >= 0.6 is 0 Å². The molecule has 1 aliphatic rings. The van der Waals surface area contributed by atoms with Gasteiger partial charge >= 0.3 is 0 Å². The average molecular weight is 320 g/mol. The van der Waals surface area contributed by atoms with Crippen LogP contribution in [0.25, 0.3) is 0 Å². The number of amides is 1. The summed E-state index contributed by atoms with van der Waals surface area (Å²) in [5.74, 6) is 1.49. The molecule has 0 radical (unpaired) electrons. The molecule has 0 aliphatic heterocycles. The third-order valence-corrected chi connectivity index (χ3v) is 4.03. The van der Waals surface area contributed by atoms with Crippen LogP contribution in [0.15, 0.2) is 17.2 Å². The lowest BCUT2D eigenvalue weighted by Gasteiger charge is -2.16. The van der Waals surface area contributed by atoms with E-state index in [9.17, 15) is 4.79 Å². The molecule has 1 aliphatic carbocycles. The Bertz CT molecular complexity index is 541. The Kier molecular flexibility index (Phi) is 6.26. The van der Waals surface area contributed by atoms with E-state index in [0.717, 1.165) is 12.8 Å². The van der Waals surface area contributed by atoms with Gasteiger partial charge in [0.15, 0.2) is 11.5 Å². The van der Waals surface area contributed by atoms with Crippen LogP contribution in [0.4, 0.5) is 0 Å². The van der Waals surface area contributed by atoms with Gasteiger partial charge in [-0.05, 0) is 30.9 Å². The highest BCUT2D eigenvalue weighted by molar-refractivity contribution is 5.95. The number of methoxy groups -OCH3 is 3. The number of hydrogen-bond donors (Lipinski definition) is 1. The predicted molar refractivity (Wildman–Crippen MR) is 88.6 cm³/mol. The minimum atomic E-state index is -0.309. The number of rotatable bonds is 6. The van der Waals surface area contributed by atoms with Crippen molar-refractivity contribution in [2.75, 3.05) is 21.3 Å². The van der Waals surface area contributed by atoms with Gasteiger partial charge in [0.05, 0.1) is 21.3 Å². The van der Waals surface area contributed by atoms with Crippen molar-refractivity contribution in [3.8, 4) is 17.2 Å². The lowest BCUT2D eigenvalue weighted by atomic mass is 9.90. The van der Waals surface area contributed by atoms with E-state index in [1.54, 1.807) is 12.1 Å². The molecular weight excluding hydrogens is 296 g/mol. The van der Waals surface area contributed by atoms with Gasteiger partial charge < -0.3 is 14.2 Å². The summed E-state index contributed by atoms with van der Waals surface area (Å²) in [7, 11) is 4.55. The monoisotopic (exact) mass is 320 g/mol. The lowest BCUT2D eigenvalue weighted by molar-refractivity contribution is 0.0954. The average Bonchev–Trinajstić information content (AvgIpc) is 2.61. The van der Waals surface area contributed by atoms with E-state index in [1.165, 1.54) is 40.6 Å². The molecule has 6 heteroatoms. The Hall–Kier alpha value is -2.24. The van der Waals surface area contributed by atoms with E-state index in [2.05, 4.69) is 10.5 Å². The van der Waals surface area contributed by atoms with Crippen molar-refractivity contribution >= 4 is 12.1 Å². The SMILES string of the molecule is COc1cc(C(=O)N/N=C\C2CCCCC2)cc(OC)c1OC. The van der Waals surface area contributed by atoms with Crippen LogP contribution in [0.2, 0.25) is 0 Å². The molecule has 1 N–H and O–H groups in total. The first-order valence-electron chi connectivity index (χ1n) is 7.83. The Morgan fingerprint density at radius 1 is 1.09 bits per heavy atom. The van der Waals surface area contributed by atoms with Crippen molar-refractivity contribution < 1.29 is 19.0 Å². The minimum Gasteiger partial charge on any atom is -0.493 e. The summed E-state index contributed by atoms with van der Waals surface area (Å²) in [5.41, 5.74) is 2.97. The summed E-state index contributed by atoms with van der Waals surface area (Å²) in [6, 6.07) is 3.21. The van der Waals surface area contributed by atoms with Crippen LogP contribution in [0, 0.1) is 5.92 Å². The molecule has 6 nitrogen and oxygen atoms in total. The van der Waals surface area contributed by atoms with Crippen LogP contribution in [-0.2, 0) is 0 Å². The zero-order chi connectivity index (χ0) is 16.7. The number of nitrogens with zero attached hydrogens (tertiary/aromatic N) is 1. The summed E-state index contributed by atoms with van der Waals surface area (Å²) in [6.07, 6.45) is 7.89. The molecule has 1 amide bonds. The Morgan fingerprint density at radius 3 is 2.22 bits per heavy atom. The molecule has 0 saturated heterocycles. The third kappa shape index (κ3) is 4.37. The highest BCUT2D eigenvalue weighted by Gasteiger charge is 2.17. The highest BCUT2D eigenvalue weighted by Crippen LogP contribution is 2.38. The van der Waals surface area contributed by atoms with Crippen molar-refractivity contribution in [1.29, 1.82) is 0 Å². The Balaban J connectivity index is 2.07. The summed E-state index contributed by atoms with van der Waals surface area (Å²) >= 11 is 0. The molecule has 1 aromatic carbocycles. The normalized spacial score (nSPS) is 15.4. The molecule has 0 spiro atoms. The summed E-state index contributed by atoms with van der Waals surface area (Å²) in [6.45, 7) is 0. The van der Waals surface area contributed by atoms with Gasteiger partial charge in [0, 0.05) is 11.8 Å². The molecule has 0 heterocycles. The summed E-state index contributed by atoms with van der Waals surface area (Å²) in [4.78, 5) is 12.2. The van der Waals surface area contributed by atoms with Gasteiger partial charge in [0.1, 0.15) is 0 Å². The van der Waals surface area contributed by atoms with Gasteiger partial charge in [-0.25, -0.2) is 5.43 Å². The second-order valence-electron chi connectivity index (χ2n) is 5.53. The zero-order valence-corrected chi connectivity index (χ0v) is 13.9. The topological polar surface area (TPSA) is 69.2 Å². The molecule has 1 aromatic rings. The van der Waals surface area contributed by atoms with E-state index in [4.69, 9.17) is 14.2 Å². The van der Waals surface area contributed by atoms with E-state index in [1.807, 2.05) is 6.21 Å².